The molecule has 2 aromatic heterocycles. The highest BCUT2D eigenvalue weighted by atomic mass is 32.1. The Morgan fingerprint density at radius 1 is 1.38 bits per heavy atom. The van der Waals surface area contributed by atoms with Crippen molar-refractivity contribution in [3.8, 4) is 0 Å². The van der Waals surface area contributed by atoms with Gasteiger partial charge in [0.15, 0.2) is 0 Å². The first kappa shape index (κ1) is 7.51. The van der Waals surface area contributed by atoms with Gasteiger partial charge >= 0.3 is 0 Å². The monoisotopic (exact) mass is 189 g/mol. The molecule has 0 aromatic carbocycles. The molecule has 1 fully saturated rings. The molecule has 1 aliphatic carbocycles. The molecule has 0 spiro atoms. The highest BCUT2D eigenvalue weighted by Crippen LogP contribution is 2.36. The van der Waals surface area contributed by atoms with Crippen LogP contribution in [0.4, 0.5) is 0 Å². The van der Waals surface area contributed by atoms with Crippen molar-refractivity contribution in [3.63, 3.8) is 0 Å². The summed E-state index contributed by atoms with van der Waals surface area (Å²) < 4.78 is 1.31. The molecule has 0 bridgehead atoms. The quantitative estimate of drug-likeness (QED) is 0.668. The van der Waals surface area contributed by atoms with Crippen LogP contribution in [0.1, 0.15) is 30.9 Å². The Hall–Kier alpha value is -0.890. The molecule has 1 saturated carbocycles. The number of hydrogen-bond donors (Lipinski definition) is 0. The van der Waals surface area contributed by atoms with Gasteiger partial charge in [0.05, 0.1) is 4.70 Å². The highest BCUT2D eigenvalue weighted by Gasteiger charge is 2.20. The lowest BCUT2D eigenvalue weighted by Gasteiger charge is -2.24. The van der Waals surface area contributed by atoms with Crippen LogP contribution in [-0.4, -0.2) is 4.98 Å². The van der Waals surface area contributed by atoms with E-state index >= 15 is 0 Å². The number of pyridine rings is 1. The van der Waals surface area contributed by atoms with Gasteiger partial charge in [-0.1, -0.05) is 6.42 Å². The Kier molecular flexibility index (Phi) is 1.62. The lowest BCUT2D eigenvalue weighted by Crippen LogP contribution is -2.09. The van der Waals surface area contributed by atoms with Crippen LogP contribution in [0, 0.1) is 0 Å². The number of hydrogen-bond acceptors (Lipinski definition) is 2. The molecule has 66 valence electrons. The summed E-state index contributed by atoms with van der Waals surface area (Å²) in [5.74, 6) is 0.754. The average molecular weight is 189 g/mol. The maximum Gasteiger partial charge on any atom is 0.0526 e. The van der Waals surface area contributed by atoms with Crippen LogP contribution in [0.15, 0.2) is 23.7 Å². The fourth-order valence-electron chi connectivity index (χ4n) is 1.81. The maximum absolute atomic E-state index is 4.51. The molecule has 0 atom stereocenters. The zero-order valence-electron chi connectivity index (χ0n) is 7.36. The summed E-state index contributed by atoms with van der Waals surface area (Å²) in [6.07, 6.45) is 6.08. The Labute approximate surface area is 81.4 Å². The zero-order chi connectivity index (χ0) is 8.67. The van der Waals surface area contributed by atoms with Crippen molar-refractivity contribution >= 4 is 21.4 Å². The van der Waals surface area contributed by atoms with Crippen molar-refractivity contribution in [3.05, 3.63) is 29.4 Å². The third-order valence-electron chi connectivity index (χ3n) is 2.88. The van der Waals surface area contributed by atoms with Crippen molar-refractivity contribution < 1.29 is 0 Å². The van der Waals surface area contributed by atoms with Gasteiger partial charge in [-0.05, 0) is 35.7 Å². The van der Waals surface area contributed by atoms with Gasteiger partial charge in [0, 0.05) is 17.8 Å². The van der Waals surface area contributed by atoms with Crippen molar-refractivity contribution in [1.29, 1.82) is 0 Å². The fourth-order valence-corrected chi connectivity index (χ4v) is 2.55. The van der Waals surface area contributed by atoms with Crippen molar-refractivity contribution in [2.24, 2.45) is 0 Å². The summed E-state index contributed by atoms with van der Waals surface area (Å²) in [5, 5.41) is 3.50. The molecular weight excluding hydrogens is 178 g/mol. The third kappa shape index (κ3) is 1.17. The molecular formula is C11H11NS. The molecule has 0 unspecified atom stereocenters. The first-order valence-corrected chi connectivity index (χ1v) is 5.64. The topological polar surface area (TPSA) is 12.9 Å². The number of nitrogens with zero attached hydrogens (tertiary/aromatic N) is 1. The van der Waals surface area contributed by atoms with E-state index in [4.69, 9.17) is 0 Å². The number of thiophene rings is 1. The van der Waals surface area contributed by atoms with E-state index in [1.165, 1.54) is 35.0 Å². The molecule has 2 aromatic rings. The summed E-state index contributed by atoms with van der Waals surface area (Å²) in [4.78, 5) is 4.51. The second kappa shape index (κ2) is 2.81. The van der Waals surface area contributed by atoms with E-state index < -0.39 is 0 Å². The van der Waals surface area contributed by atoms with E-state index in [0.29, 0.717) is 0 Å². The first-order chi connectivity index (χ1) is 6.43. The Morgan fingerprint density at radius 3 is 3.08 bits per heavy atom. The summed E-state index contributed by atoms with van der Waals surface area (Å²) in [5.41, 5.74) is 1.30. The van der Waals surface area contributed by atoms with E-state index in [9.17, 15) is 0 Å². The van der Waals surface area contributed by atoms with Crippen LogP contribution < -0.4 is 0 Å². The second-order valence-corrected chi connectivity index (χ2v) is 4.64. The second-order valence-electron chi connectivity index (χ2n) is 3.70. The van der Waals surface area contributed by atoms with Crippen molar-refractivity contribution in [1.82, 2.24) is 4.98 Å². The molecule has 1 aliphatic rings. The van der Waals surface area contributed by atoms with Gasteiger partial charge < -0.3 is 0 Å². The maximum atomic E-state index is 4.51. The Balaban J connectivity index is 2.09. The minimum absolute atomic E-state index is 0.754. The van der Waals surface area contributed by atoms with Gasteiger partial charge in [0.2, 0.25) is 0 Å². The average Bonchev–Trinajstić information content (AvgIpc) is 2.47. The molecule has 1 nitrogen and oxygen atoms in total. The Bertz CT molecular complexity index is 428. The standard InChI is InChI=1S/C11H11NS/c1-2-8(3-1)10-6-9-4-5-13-11(9)7-12-10/h4-8H,1-3H2. The zero-order valence-corrected chi connectivity index (χ0v) is 8.18. The van der Waals surface area contributed by atoms with E-state index in [2.05, 4.69) is 22.5 Å². The van der Waals surface area contributed by atoms with Gasteiger partial charge in [-0.2, -0.15) is 0 Å². The van der Waals surface area contributed by atoms with E-state index in [-0.39, 0.29) is 0 Å². The Morgan fingerprint density at radius 2 is 2.31 bits per heavy atom. The van der Waals surface area contributed by atoms with Crippen molar-refractivity contribution in [2.45, 2.75) is 25.2 Å². The predicted octanol–water partition coefficient (Wildman–Crippen LogP) is 3.56. The molecule has 2 heteroatoms. The van der Waals surface area contributed by atoms with E-state index in [0.717, 1.165) is 5.92 Å². The molecule has 0 aliphatic heterocycles. The van der Waals surface area contributed by atoms with Crippen LogP contribution in [-0.2, 0) is 0 Å². The summed E-state index contributed by atoms with van der Waals surface area (Å²) in [6.45, 7) is 0. The molecule has 0 amide bonds. The number of rotatable bonds is 1. The largest absolute Gasteiger partial charge is 0.259 e. The minimum Gasteiger partial charge on any atom is -0.259 e. The van der Waals surface area contributed by atoms with Gasteiger partial charge in [0.1, 0.15) is 0 Å². The number of aromatic nitrogens is 1. The van der Waals surface area contributed by atoms with Gasteiger partial charge in [-0.15, -0.1) is 11.3 Å². The summed E-state index contributed by atoms with van der Waals surface area (Å²) in [7, 11) is 0. The van der Waals surface area contributed by atoms with Crippen LogP contribution in [0.3, 0.4) is 0 Å². The smallest absolute Gasteiger partial charge is 0.0526 e. The number of fused-ring (bicyclic) bond motifs is 1. The van der Waals surface area contributed by atoms with E-state index in [1.54, 1.807) is 11.3 Å². The highest BCUT2D eigenvalue weighted by molar-refractivity contribution is 7.17. The molecule has 13 heavy (non-hydrogen) atoms. The lowest BCUT2D eigenvalue weighted by molar-refractivity contribution is 0.411. The van der Waals surface area contributed by atoms with Crippen molar-refractivity contribution in [2.75, 3.05) is 0 Å². The summed E-state index contributed by atoms with van der Waals surface area (Å²) >= 11 is 1.77. The van der Waals surface area contributed by atoms with Crippen LogP contribution >= 0.6 is 11.3 Å². The summed E-state index contributed by atoms with van der Waals surface area (Å²) in [6, 6.07) is 4.44. The minimum atomic E-state index is 0.754. The van der Waals surface area contributed by atoms with Crippen LogP contribution in [0.2, 0.25) is 0 Å². The molecule has 0 radical (unpaired) electrons. The molecule has 2 heterocycles. The molecule has 0 N–H and O–H groups in total. The van der Waals surface area contributed by atoms with Crippen LogP contribution in [0.25, 0.3) is 10.1 Å². The lowest BCUT2D eigenvalue weighted by atomic mass is 9.82. The fraction of sp³-hybridized carbons (Fsp3) is 0.364. The van der Waals surface area contributed by atoms with E-state index in [1.807, 2.05) is 6.20 Å². The SMILES string of the molecule is c1cc2cc(C3CCC3)ncc2s1. The third-order valence-corrected chi connectivity index (χ3v) is 3.75. The molecule has 3 rings (SSSR count). The normalized spacial score (nSPS) is 17.5. The van der Waals surface area contributed by atoms with Gasteiger partial charge in [-0.3, -0.25) is 4.98 Å². The van der Waals surface area contributed by atoms with Gasteiger partial charge in [0.25, 0.3) is 0 Å². The molecule has 0 saturated heterocycles. The van der Waals surface area contributed by atoms with Crippen LogP contribution in [0.5, 0.6) is 0 Å². The predicted molar refractivity (Wildman–Crippen MR) is 56.2 cm³/mol. The van der Waals surface area contributed by atoms with Gasteiger partial charge in [-0.25, -0.2) is 0 Å². The first-order valence-electron chi connectivity index (χ1n) is 4.76.